The van der Waals surface area contributed by atoms with Gasteiger partial charge in [-0.3, -0.25) is 4.79 Å². The number of benzene rings is 2. The molecule has 2 aromatic carbocycles. The van der Waals surface area contributed by atoms with E-state index in [0.29, 0.717) is 28.8 Å². The Hall–Kier alpha value is -2.80. The van der Waals surface area contributed by atoms with E-state index in [4.69, 9.17) is 0 Å². The number of H-pyrrole nitrogens is 1. The van der Waals surface area contributed by atoms with Crippen molar-refractivity contribution in [3.05, 3.63) is 60.2 Å². The summed E-state index contributed by atoms with van der Waals surface area (Å²) in [6.07, 6.45) is 1.71. The second-order valence-corrected chi connectivity index (χ2v) is 7.28. The van der Waals surface area contributed by atoms with Crippen LogP contribution in [0.4, 0.5) is 4.39 Å². The summed E-state index contributed by atoms with van der Waals surface area (Å²) in [7, 11) is -3.29. The fourth-order valence-corrected chi connectivity index (χ4v) is 2.97. The second kappa shape index (κ2) is 6.01. The summed E-state index contributed by atoms with van der Waals surface area (Å²) in [5.41, 5.74) is 2.36. The summed E-state index contributed by atoms with van der Waals surface area (Å²) in [4.78, 5) is 18.3. The van der Waals surface area contributed by atoms with Gasteiger partial charge >= 0.3 is 0 Å². The van der Waals surface area contributed by atoms with Crippen LogP contribution >= 0.6 is 0 Å². The highest BCUT2D eigenvalue weighted by atomic mass is 32.2. The number of imidazole rings is 1. The normalized spacial score (nSPS) is 11.4. The summed E-state index contributed by atoms with van der Waals surface area (Å²) < 4.78 is 36.2. The molecule has 0 bridgehead atoms. The van der Waals surface area contributed by atoms with Gasteiger partial charge in [-0.05, 0) is 36.4 Å². The van der Waals surface area contributed by atoms with Crippen LogP contribution in [0, 0.1) is 5.82 Å². The largest absolute Gasteiger partial charge is 0.335 e. The number of rotatable bonds is 4. The van der Waals surface area contributed by atoms with E-state index >= 15 is 0 Å². The maximum absolute atomic E-state index is 13.1. The van der Waals surface area contributed by atoms with Crippen LogP contribution in [0.25, 0.3) is 22.5 Å². The van der Waals surface area contributed by atoms with Crippen molar-refractivity contribution in [1.29, 1.82) is 0 Å². The van der Waals surface area contributed by atoms with E-state index < -0.39 is 9.84 Å². The number of sulfone groups is 1. The number of hydrogen-bond donors (Lipinski definition) is 1. The van der Waals surface area contributed by atoms with Gasteiger partial charge in [0.2, 0.25) is 0 Å². The molecule has 3 aromatic rings. The van der Waals surface area contributed by atoms with Crippen LogP contribution in [-0.2, 0) is 9.84 Å². The molecule has 122 valence electrons. The van der Waals surface area contributed by atoms with Gasteiger partial charge in [-0.15, -0.1) is 0 Å². The standard InChI is InChI=1S/C17H13FN2O3S/c1-24(22,23)14-8-4-12(5-9-14)17-16(19-15(10-21)20-17)11-2-6-13(18)7-3-11/h2-10H,1H3,(H,19,20). The van der Waals surface area contributed by atoms with E-state index in [1.165, 1.54) is 24.3 Å². The molecule has 0 radical (unpaired) electrons. The maximum atomic E-state index is 13.1. The number of nitrogens with zero attached hydrogens (tertiary/aromatic N) is 1. The van der Waals surface area contributed by atoms with Crippen molar-refractivity contribution in [3.63, 3.8) is 0 Å². The van der Waals surface area contributed by atoms with Crippen molar-refractivity contribution < 1.29 is 17.6 Å². The summed E-state index contributed by atoms with van der Waals surface area (Å²) in [5.74, 6) is -0.232. The quantitative estimate of drug-likeness (QED) is 0.738. The van der Waals surface area contributed by atoms with Crippen molar-refractivity contribution in [1.82, 2.24) is 9.97 Å². The van der Waals surface area contributed by atoms with Crippen molar-refractivity contribution in [2.24, 2.45) is 0 Å². The molecule has 0 aliphatic heterocycles. The number of carbonyl (C=O) groups excluding carboxylic acids is 1. The lowest BCUT2D eigenvalue weighted by Gasteiger charge is -2.04. The van der Waals surface area contributed by atoms with Gasteiger partial charge in [0, 0.05) is 17.4 Å². The molecule has 0 saturated heterocycles. The Balaban J connectivity index is 2.12. The van der Waals surface area contributed by atoms with Crippen LogP contribution in [0.5, 0.6) is 0 Å². The van der Waals surface area contributed by atoms with Crippen LogP contribution in [-0.4, -0.2) is 30.9 Å². The van der Waals surface area contributed by atoms with Crippen LogP contribution in [0.15, 0.2) is 53.4 Å². The Morgan fingerprint density at radius 2 is 1.58 bits per heavy atom. The molecule has 3 rings (SSSR count). The molecule has 5 nitrogen and oxygen atoms in total. The third-order valence-electron chi connectivity index (χ3n) is 3.52. The van der Waals surface area contributed by atoms with E-state index in [0.717, 1.165) is 6.26 Å². The van der Waals surface area contributed by atoms with Crippen molar-refractivity contribution in [3.8, 4) is 22.5 Å². The minimum atomic E-state index is -3.29. The molecule has 0 amide bonds. The predicted molar refractivity (Wildman–Crippen MR) is 87.9 cm³/mol. The summed E-state index contributed by atoms with van der Waals surface area (Å²) in [6.45, 7) is 0. The van der Waals surface area contributed by atoms with Gasteiger partial charge in [0.25, 0.3) is 0 Å². The maximum Gasteiger partial charge on any atom is 0.185 e. The average molecular weight is 344 g/mol. The zero-order chi connectivity index (χ0) is 17.3. The van der Waals surface area contributed by atoms with E-state index in [9.17, 15) is 17.6 Å². The number of hydrogen-bond acceptors (Lipinski definition) is 4. The van der Waals surface area contributed by atoms with E-state index in [-0.39, 0.29) is 16.5 Å². The van der Waals surface area contributed by atoms with Crippen molar-refractivity contribution >= 4 is 16.1 Å². The minimum absolute atomic E-state index is 0.136. The van der Waals surface area contributed by atoms with E-state index in [1.54, 1.807) is 24.3 Å². The molecule has 0 aliphatic rings. The van der Waals surface area contributed by atoms with Gasteiger partial charge in [-0.25, -0.2) is 17.8 Å². The number of aromatic amines is 1. The topological polar surface area (TPSA) is 79.9 Å². The third kappa shape index (κ3) is 3.11. The van der Waals surface area contributed by atoms with Crippen LogP contribution in [0.2, 0.25) is 0 Å². The first-order valence-electron chi connectivity index (χ1n) is 7.00. The summed E-state index contributed by atoms with van der Waals surface area (Å²) in [5, 5.41) is 0. The van der Waals surface area contributed by atoms with Crippen molar-refractivity contribution in [2.75, 3.05) is 6.26 Å². The first kappa shape index (κ1) is 16.1. The Morgan fingerprint density at radius 3 is 2.12 bits per heavy atom. The fourth-order valence-electron chi connectivity index (χ4n) is 2.34. The molecule has 0 saturated carbocycles. The zero-order valence-electron chi connectivity index (χ0n) is 12.7. The molecule has 1 N–H and O–H groups in total. The van der Waals surface area contributed by atoms with Gasteiger partial charge in [0.15, 0.2) is 21.9 Å². The highest BCUT2D eigenvalue weighted by Gasteiger charge is 2.15. The first-order chi connectivity index (χ1) is 11.4. The highest BCUT2D eigenvalue weighted by Crippen LogP contribution is 2.30. The lowest BCUT2D eigenvalue weighted by Crippen LogP contribution is -1.96. The Kier molecular flexibility index (Phi) is 4.02. The molecule has 24 heavy (non-hydrogen) atoms. The monoisotopic (exact) mass is 344 g/mol. The first-order valence-corrected chi connectivity index (χ1v) is 8.89. The molecule has 0 unspecified atom stereocenters. The minimum Gasteiger partial charge on any atom is -0.335 e. The Morgan fingerprint density at radius 1 is 1.00 bits per heavy atom. The smallest absolute Gasteiger partial charge is 0.185 e. The molecule has 0 aliphatic carbocycles. The van der Waals surface area contributed by atoms with Crippen LogP contribution in [0.1, 0.15) is 10.6 Å². The van der Waals surface area contributed by atoms with Gasteiger partial charge in [-0.1, -0.05) is 12.1 Å². The molecule has 7 heteroatoms. The van der Waals surface area contributed by atoms with Gasteiger partial charge in [-0.2, -0.15) is 0 Å². The molecule has 0 atom stereocenters. The molecule has 1 aromatic heterocycles. The lowest BCUT2D eigenvalue weighted by atomic mass is 10.1. The van der Waals surface area contributed by atoms with Crippen LogP contribution < -0.4 is 0 Å². The van der Waals surface area contributed by atoms with Crippen LogP contribution in [0.3, 0.4) is 0 Å². The molecular formula is C17H13FN2O3S. The lowest BCUT2D eigenvalue weighted by molar-refractivity contribution is 0.111. The number of aldehydes is 1. The number of halogens is 1. The Labute approximate surface area is 138 Å². The number of carbonyl (C=O) groups is 1. The van der Waals surface area contributed by atoms with E-state index in [2.05, 4.69) is 9.97 Å². The van der Waals surface area contributed by atoms with Gasteiger partial charge in [0.1, 0.15) is 5.82 Å². The predicted octanol–water partition coefficient (Wildman–Crippen LogP) is 3.10. The summed E-state index contributed by atoms with van der Waals surface area (Å²) >= 11 is 0. The zero-order valence-corrected chi connectivity index (χ0v) is 13.5. The average Bonchev–Trinajstić information content (AvgIpc) is 2.99. The van der Waals surface area contributed by atoms with Gasteiger partial charge in [0.05, 0.1) is 16.3 Å². The Bertz CT molecular complexity index is 991. The van der Waals surface area contributed by atoms with E-state index in [1.807, 2.05) is 0 Å². The SMILES string of the molecule is CS(=O)(=O)c1ccc(-c2nc(C=O)[nH]c2-c2ccc(F)cc2)cc1. The van der Waals surface area contributed by atoms with Gasteiger partial charge < -0.3 is 4.98 Å². The third-order valence-corrected chi connectivity index (χ3v) is 4.65. The van der Waals surface area contributed by atoms with Crippen molar-refractivity contribution in [2.45, 2.75) is 4.90 Å². The molecular weight excluding hydrogens is 331 g/mol. The second-order valence-electron chi connectivity index (χ2n) is 5.27. The molecule has 0 fully saturated rings. The highest BCUT2D eigenvalue weighted by molar-refractivity contribution is 7.90. The fraction of sp³-hybridized carbons (Fsp3) is 0.0588. The molecule has 0 spiro atoms. The molecule has 1 heterocycles. The number of nitrogens with one attached hydrogen (secondary N) is 1. The summed E-state index contributed by atoms with van der Waals surface area (Å²) in [6, 6.07) is 12.0. The number of aromatic nitrogens is 2.